The molecule has 73 valence electrons. The third-order valence-corrected chi connectivity index (χ3v) is 2.79. The van der Waals surface area contributed by atoms with Crippen molar-refractivity contribution in [1.29, 1.82) is 0 Å². The topological polar surface area (TPSA) is 0 Å². The minimum Gasteiger partial charge on any atom is -0.0625 e. The van der Waals surface area contributed by atoms with Crippen LogP contribution in [0.5, 0.6) is 0 Å². The van der Waals surface area contributed by atoms with Gasteiger partial charge >= 0.3 is 0 Å². The van der Waals surface area contributed by atoms with Crippen molar-refractivity contribution >= 4 is 0 Å². The zero-order valence-electron chi connectivity index (χ0n) is 9.27. The van der Waals surface area contributed by atoms with E-state index in [4.69, 9.17) is 0 Å². The highest BCUT2D eigenvalue weighted by Crippen LogP contribution is 2.17. The summed E-state index contributed by atoms with van der Waals surface area (Å²) in [6.07, 6.45) is 9.22. The van der Waals surface area contributed by atoms with Crippen LogP contribution in [0.4, 0.5) is 0 Å². The van der Waals surface area contributed by atoms with Gasteiger partial charge in [-0.25, -0.2) is 0 Å². The van der Waals surface area contributed by atoms with Crippen molar-refractivity contribution < 1.29 is 0 Å². The summed E-state index contributed by atoms with van der Waals surface area (Å²) in [6.45, 7) is 9.17. The molecular weight excluding hydrogens is 144 g/mol. The molecule has 0 fully saturated rings. The summed E-state index contributed by atoms with van der Waals surface area (Å²) in [4.78, 5) is 0. The Kier molecular flexibility index (Phi) is 7.64. The molecule has 0 nitrogen and oxygen atoms in total. The zero-order chi connectivity index (χ0) is 9.40. The van der Waals surface area contributed by atoms with E-state index in [1.54, 1.807) is 0 Å². The van der Waals surface area contributed by atoms with Gasteiger partial charge in [0.05, 0.1) is 0 Å². The Morgan fingerprint density at radius 1 is 1.00 bits per heavy atom. The maximum Gasteiger partial charge on any atom is -0.0417 e. The fourth-order valence-electron chi connectivity index (χ4n) is 1.32. The van der Waals surface area contributed by atoms with Crippen LogP contribution in [0.2, 0.25) is 0 Å². The third kappa shape index (κ3) is 6.69. The van der Waals surface area contributed by atoms with Crippen molar-refractivity contribution in [1.82, 2.24) is 0 Å². The largest absolute Gasteiger partial charge is 0.0625 e. The van der Waals surface area contributed by atoms with Gasteiger partial charge in [0.25, 0.3) is 0 Å². The van der Waals surface area contributed by atoms with Crippen molar-refractivity contribution in [3.63, 3.8) is 0 Å². The monoisotopic (exact) mass is 169 g/mol. The van der Waals surface area contributed by atoms with Crippen LogP contribution < -0.4 is 0 Å². The van der Waals surface area contributed by atoms with Gasteiger partial charge in [-0.05, 0) is 18.3 Å². The lowest BCUT2D eigenvalue weighted by molar-refractivity contribution is 0.376. The van der Waals surface area contributed by atoms with Gasteiger partial charge in [0.1, 0.15) is 0 Å². The molecule has 0 bridgehead atoms. The first-order valence-electron chi connectivity index (χ1n) is 5.46. The van der Waals surface area contributed by atoms with Crippen LogP contribution in [0, 0.1) is 18.3 Å². The molecule has 0 N–H and O–H groups in total. The van der Waals surface area contributed by atoms with E-state index in [0.29, 0.717) is 0 Å². The van der Waals surface area contributed by atoms with Crippen molar-refractivity contribution in [3.05, 3.63) is 6.42 Å². The fraction of sp³-hybridized carbons (Fsp3) is 0.917. The molecule has 0 aliphatic heterocycles. The molecule has 0 rings (SSSR count). The molecule has 0 aromatic rings. The lowest BCUT2D eigenvalue weighted by Gasteiger charge is -2.14. The highest BCUT2D eigenvalue weighted by atomic mass is 14.1. The number of hydrogen-bond acceptors (Lipinski definition) is 0. The second-order valence-corrected chi connectivity index (χ2v) is 4.27. The summed E-state index contributed by atoms with van der Waals surface area (Å²) in [5, 5.41) is 0. The highest BCUT2D eigenvalue weighted by molar-refractivity contribution is 4.59. The maximum atomic E-state index is 2.37. The van der Waals surface area contributed by atoms with Crippen molar-refractivity contribution in [2.24, 2.45) is 11.8 Å². The fourth-order valence-corrected chi connectivity index (χ4v) is 1.32. The molecule has 1 radical (unpaired) electrons. The van der Waals surface area contributed by atoms with Gasteiger partial charge < -0.3 is 0 Å². The van der Waals surface area contributed by atoms with E-state index in [1.807, 2.05) is 0 Å². The predicted octanol–water partition coefficient (Wildman–Crippen LogP) is 4.45. The zero-order valence-corrected chi connectivity index (χ0v) is 9.27. The second kappa shape index (κ2) is 7.64. The molecule has 12 heavy (non-hydrogen) atoms. The Morgan fingerprint density at radius 3 is 2.17 bits per heavy atom. The molecule has 0 saturated carbocycles. The number of rotatable bonds is 7. The quantitative estimate of drug-likeness (QED) is 0.494. The Morgan fingerprint density at radius 2 is 1.67 bits per heavy atom. The van der Waals surface area contributed by atoms with E-state index >= 15 is 0 Å². The molecule has 0 aromatic carbocycles. The number of hydrogen-bond donors (Lipinski definition) is 0. The van der Waals surface area contributed by atoms with Gasteiger partial charge in [-0.15, -0.1) is 0 Å². The lowest BCUT2D eigenvalue weighted by atomic mass is 9.92. The van der Waals surface area contributed by atoms with Crippen LogP contribution in [-0.2, 0) is 0 Å². The average molecular weight is 169 g/mol. The van der Waals surface area contributed by atoms with E-state index in [1.165, 1.54) is 32.1 Å². The normalized spacial score (nSPS) is 13.8. The molecule has 0 saturated heterocycles. The summed E-state index contributed by atoms with van der Waals surface area (Å²) in [7, 11) is 0. The minimum absolute atomic E-state index is 0.864. The Labute approximate surface area is 78.8 Å². The summed E-state index contributed by atoms with van der Waals surface area (Å²) in [5.74, 6) is 1.78. The standard InChI is InChI=1S/C12H25/c1-5-6-7-8-9-10-12(4)11(2)3/h5,11-12H,6-10H2,1-4H3. The Balaban J connectivity index is 3.08. The predicted molar refractivity (Wildman–Crippen MR) is 57.1 cm³/mol. The SMILES string of the molecule is C[CH]CCCCCC(C)C(C)C. The highest BCUT2D eigenvalue weighted by Gasteiger charge is 2.05. The molecule has 0 amide bonds. The minimum atomic E-state index is 0.864. The molecule has 1 atom stereocenters. The van der Waals surface area contributed by atoms with Crippen molar-refractivity contribution in [3.8, 4) is 0 Å². The second-order valence-electron chi connectivity index (χ2n) is 4.27. The van der Waals surface area contributed by atoms with E-state index in [0.717, 1.165) is 11.8 Å². The van der Waals surface area contributed by atoms with Gasteiger partial charge in [0, 0.05) is 0 Å². The molecule has 0 spiro atoms. The summed E-state index contributed by atoms with van der Waals surface area (Å²) in [6, 6.07) is 0. The molecular formula is C12H25. The lowest BCUT2D eigenvalue weighted by Crippen LogP contribution is -2.03. The van der Waals surface area contributed by atoms with Gasteiger partial charge in [0.2, 0.25) is 0 Å². The van der Waals surface area contributed by atoms with Crippen LogP contribution in [0.1, 0.15) is 59.8 Å². The van der Waals surface area contributed by atoms with E-state index in [-0.39, 0.29) is 0 Å². The maximum absolute atomic E-state index is 2.37. The first-order valence-corrected chi connectivity index (χ1v) is 5.46. The molecule has 0 aliphatic rings. The van der Waals surface area contributed by atoms with Crippen LogP contribution in [-0.4, -0.2) is 0 Å². The van der Waals surface area contributed by atoms with Crippen LogP contribution >= 0.6 is 0 Å². The summed E-state index contributed by atoms with van der Waals surface area (Å²) < 4.78 is 0. The van der Waals surface area contributed by atoms with Gasteiger partial charge in [-0.2, -0.15) is 0 Å². The Bertz CT molecular complexity index is 84.0. The molecule has 0 heterocycles. The molecule has 0 aliphatic carbocycles. The first kappa shape index (κ1) is 12.0. The van der Waals surface area contributed by atoms with Crippen LogP contribution in [0.25, 0.3) is 0 Å². The van der Waals surface area contributed by atoms with E-state index in [9.17, 15) is 0 Å². The molecule has 0 heteroatoms. The van der Waals surface area contributed by atoms with Crippen LogP contribution in [0.3, 0.4) is 0 Å². The first-order chi connectivity index (χ1) is 5.68. The van der Waals surface area contributed by atoms with Gasteiger partial charge in [-0.1, -0.05) is 59.8 Å². The summed E-state index contributed by atoms with van der Waals surface area (Å²) in [5.41, 5.74) is 0. The molecule has 0 aromatic heterocycles. The van der Waals surface area contributed by atoms with Crippen LogP contribution in [0.15, 0.2) is 0 Å². The van der Waals surface area contributed by atoms with Gasteiger partial charge in [0.15, 0.2) is 0 Å². The number of unbranched alkanes of at least 4 members (excludes halogenated alkanes) is 4. The van der Waals surface area contributed by atoms with Crippen molar-refractivity contribution in [2.75, 3.05) is 0 Å². The Hall–Kier alpha value is 0. The third-order valence-electron chi connectivity index (χ3n) is 2.79. The smallest absolute Gasteiger partial charge is 0.0417 e. The summed E-state index contributed by atoms with van der Waals surface area (Å²) >= 11 is 0. The molecule has 1 unspecified atom stereocenters. The van der Waals surface area contributed by atoms with Gasteiger partial charge in [-0.3, -0.25) is 0 Å². The average Bonchev–Trinajstić information content (AvgIpc) is 2.03. The van der Waals surface area contributed by atoms with E-state index in [2.05, 4.69) is 34.1 Å². The van der Waals surface area contributed by atoms with E-state index < -0.39 is 0 Å². The van der Waals surface area contributed by atoms with Crippen molar-refractivity contribution in [2.45, 2.75) is 59.8 Å².